The number of carbonyl (C=O) groups is 1. The third kappa shape index (κ3) is 2.56. The molecule has 92 valence electrons. The van der Waals surface area contributed by atoms with Crippen molar-refractivity contribution >= 4 is 5.78 Å². The fraction of sp³-hybridized carbons (Fsp3) is 0.533. The molecule has 1 aromatic rings. The van der Waals surface area contributed by atoms with E-state index in [1.54, 1.807) is 12.1 Å². The van der Waals surface area contributed by atoms with Crippen LogP contribution in [0.5, 0.6) is 0 Å². The van der Waals surface area contributed by atoms with Crippen molar-refractivity contribution in [1.82, 2.24) is 0 Å². The average molecular weight is 234 g/mol. The molecule has 1 nitrogen and oxygen atoms in total. The maximum absolute atomic E-state index is 12.8. The minimum atomic E-state index is -0.243. The van der Waals surface area contributed by atoms with Crippen LogP contribution < -0.4 is 0 Å². The Bertz CT molecular complexity index is 388. The van der Waals surface area contributed by atoms with Gasteiger partial charge in [0.1, 0.15) is 11.6 Å². The van der Waals surface area contributed by atoms with E-state index in [0.29, 0.717) is 12.2 Å². The van der Waals surface area contributed by atoms with Crippen molar-refractivity contribution in [3.8, 4) is 0 Å². The van der Waals surface area contributed by atoms with E-state index < -0.39 is 0 Å². The average Bonchev–Trinajstić information content (AvgIpc) is 2.82. The Morgan fingerprint density at radius 1 is 1.24 bits per heavy atom. The third-order valence-electron chi connectivity index (χ3n) is 4.11. The second-order valence-electron chi connectivity index (χ2n) is 5.07. The largest absolute Gasteiger partial charge is 0.299 e. The van der Waals surface area contributed by atoms with E-state index in [2.05, 4.69) is 6.92 Å². The second kappa shape index (κ2) is 4.99. The van der Waals surface area contributed by atoms with Crippen LogP contribution in [0.2, 0.25) is 0 Å². The Morgan fingerprint density at radius 2 is 1.82 bits per heavy atom. The molecule has 0 saturated heterocycles. The van der Waals surface area contributed by atoms with Gasteiger partial charge >= 0.3 is 0 Å². The zero-order valence-corrected chi connectivity index (χ0v) is 10.3. The Morgan fingerprint density at radius 3 is 2.35 bits per heavy atom. The molecule has 1 aromatic carbocycles. The van der Waals surface area contributed by atoms with E-state index in [9.17, 15) is 9.18 Å². The van der Waals surface area contributed by atoms with Crippen molar-refractivity contribution < 1.29 is 9.18 Å². The summed E-state index contributed by atoms with van der Waals surface area (Å²) in [5.41, 5.74) is 0.838. The number of Topliss-reactive ketones (excluding diaryl/α,β-unsaturated/α-hetero) is 1. The fourth-order valence-electron chi connectivity index (χ4n) is 2.86. The van der Waals surface area contributed by atoms with Crippen LogP contribution >= 0.6 is 0 Å². The first-order valence-electron chi connectivity index (χ1n) is 6.44. The lowest BCUT2D eigenvalue weighted by Crippen LogP contribution is -2.28. The van der Waals surface area contributed by atoms with Gasteiger partial charge in [-0.1, -0.05) is 31.9 Å². The molecule has 0 heterocycles. The number of benzene rings is 1. The minimum Gasteiger partial charge on any atom is -0.299 e. The molecule has 0 spiro atoms. The molecule has 1 aliphatic carbocycles. The van der Waals surface area contributed by atoms with Gasteiger partial charge in [-0.15, -0.1) is 0 Å². The summed E-state index contributed by atoms with van der Waals surface area (Å²) in [5, 5.41) is 0. The summed E-state index contributed by atoms with van der Waals surface area (Å²) < 4.78 is 12.8. The van der Waals surface area contributed by atoms with E-state index in [-0.39, 0.29) is 11.2 Å². The van der Waals surface area contributed by atoms with Gasteiger partial charge < -0.3 is 0 Å². The molecular weight excluding hydrogens is 215 g/mol. The zero-order chi connectivity index (χ0) is 12.3. The SMILES string of the molecule is CCC1(C(=O)Cc2ccc(F)cc2)CCCC1. The molecular formula is C15H19FO. The molecule has 0 bridgehead atoms. The van der Waals surface area contributed by atoms with Gasteiger partial charge in [-0.25, -0.2) is 4.39 Å². The maximum Gasteiger partial charge on any atom is 0.143 e. The molecule has 0 unspecified atom stereocenters. The third-order valence-corrected chi connectivity index (χ3v) is 4.11. The Hall–Kier alpha value is -1.18. The predicted molar refractivity (Wildman–Crippen MR) is 66.3 cm³/mol. The molecule has 0 N–H and O–H groups in total. The van der Waals surface area contributed by atoms with Crippen molar-refractivity contribution in [3.63, 3.8) is 0 Å². The predicted octanol–water partition coefficient (Wildman–Crippen LogP) is 3.91. The highest BCUT2D eigenvalue weighted by Crippen LogP contribution is 2.42. The Labute approximate surface area is 102 Å². The molecule has 2 rings (SSSR count). The lowest BCUT2D eigenvalue weighted by Gasteiger charge is -2.25. The normalized spacial score (nSPS) is 18.2. The van der Waals surface area contributed by atoms with Crippen LogP contribution in [-0.4, -0.2) is 5.78 Å². The van der Waals surface area contributed by atoms with Gasteiger partial charge in [0.05, 0.1) is 0 Å². The first kappa shape index (κ1) is 12.3. The number of rotatable bonds is 4. The fourth-order valence-corrected chi connectivity index (χ4v) is 2.86. The molecule has 0 amide bonds. The van der Waals surface area contributed by atoms with Crippen LogP contribution in [0.25, 0.3) is 0 Å². The first-order valence-corrected chi connectivity index (χ1v) is 6.44. The molecule has 0 aromatic heterocycles. The van der Waals surface area contributed by atoms with Crippen LogP contribution in [0.3, 0.4) is 0 Å². The van der Waals surface area contributed by atoms with Crippen molar-refractivity contribution in [2.45, 2.75) is 45.4 Å². The summed E-state index contributed by atoms with van der Waals surface area (Å²) in [6.07, 6.45) is 5.79. The highest BCUT2D eigenvalue weighted by atomic mass is 19.1. The standard InChI is InChI=1S/C15H19FO/c1-2-15(9-3-4-10-15)14(17)11-12-5-7-13(16)8-6-12/h5-8H,2-4,9-11H2,1H3. The van der Waals surface area contributed by atoms with Gasteiger partial charge in [-0.05, 0) is 37.0 Å². The van der Waals surface area contributed by atoms with Crippen molar-refractivity contribution in [1.29, 1.82) is 0 Å². The lowest BCUT2D eigenvalue weighted by molar-refractivity contribution is -0.128. The van der Waals surface area contributed by atoms with Crippen LogP contribution in [-0.2, 0) is 11.2 Å². The van der Waals surface area contributed by atoms with Gasteiger partial charge in [0.25, 0.3) is 0 Å². The summed E-state index contributed by atoms with van der Waals surface area (Å²) in [7, 11) is 0. The summed E-state index contributed by atoms with van der Waals surface area (Å²) in [6, 6.07) is 6.28. The number of hydrogen-bond acceptors (Lipinski definition) is 1. The van der Waals surface area contributed by atoms with Gasteiger partial charge in [0.2, 0.25) is 0 Å². The molecule has 1 aliphatic rings. The summed E-state index contributed by atoms with van der Waals surface area (Å²) in [4.78, 5) is 12.4. The van der Waals surface area contributed by atoms with Gasteiger partial charge in [-0.2, -0.15) is 0 Å². The number of halogens is 1. The van der Waals surface area contributed by atoms with Crippen LogP contribution in [0.4, 0.5) is 4.39 Å². The van der Waals surface area contributed by atoms with E-state index in [0.717, 1.165) is 24.8 Å². The lowest BCUT2D eigenvalue weighted by atomic mass is 9.77. The highest BCUT2D eigenvalue weighted by molar-refractivity contribution is 5.87. The summed E-state index contributed by atoms with van der Waals surface area (Å²) in [6.45, 7) is 2.11. The molecule has 17 heavy (non-hydrogen) atoms. The number of carbonyl (C=O) groups excluding carboxylic acids is 1. The highest BCUT2D eigenvalue weighted by Gasteiger charge is 2.38. The Balaban J connectivity index is 2.08. The first-order chi connectivity index (χ1) is 8.16. The van der Waals surface area contributed by atoms with E-state index >= 15 is 0 Å². The molecule has 1 fully saturated rings. The molecule has 2 heteroatoms. The van der Waals surface area contributed by atoms with E-state index in [1.807, 2.05) is 0 Å². The quantitative estimate of drug-likeness (QED) is 0.772. The van der Waals surface area contributed by atoms with Crippen LogP contribution in [0.15, 0.2) is 24.3 Å². The molecule has 0 aliphatic heterocycles. The smallest absolute Gasteiger partial charge is 0.143 e. The maximum atomic E-state index is 12.8. The van der Waals surface area contributed by atoms with E-state index in [1.165, 1.54) is 25.0 Å². The molecule has 0 atom stereocenters. The van der Waals surface area contributed by atoms with Crippen LogP contribution in [0.1, 0.15) is 44.6 Å². The van der Waals surface area contributed by atoms with Gasteiger partial charge in [0, 0.05) is 11.8 Å². The zero-order valence-electron chi connectivity index (χ0n) is 10.3. The van der Waals surface area contributed by atoms with Crippen molar-refractivity contribution in [2.24, 2.45) is 5.41 Å². The number of hydrogen-bond donors (Lipinski definition) is 0. The van der Waals surface area contributed by atoms with Crippen molar-refractivity contribution in [3.05, 3.63) is 35.6 Å². The monoisotopic (exact) mass is 234 g/mol. The van der Waals surface area contributed by atoms with Crippen LogP contribution in [0, 0.1) is 11.2 Å². The minimum absolute atomic E-state index is 0.0889. The summed E-state index contributed by atoms with van der Waals surface area (Å²) in [5.74, 6) is 0.0939. The van der Waals surface area contributed by atoms with Gasteiger partial charge in [0.15, 0.2) is 0 Å². The molecule has 0 radical (unpaired) electrons. The Kier molecular flexibility index (Phi) is 3.60. The second-order valence-corrected chi connectivity index (χ2v) is 5.07. The summed E-state index contributed by atoms with van der Waals surface area (Å²) >= 11 is 0. The topological polar surface area (TPSA) is 17.1 Å². The van der Waals surface area contributed by atoms with Gasteiger partial charge in [-0.3, -0.25) is 4.79 Å². The number of ketones is 1. The van der Waals surface area contributed by atoms with Crippen molar-refractivity contribution in [2.75, 3.05) is 0 Å². The van der Waals surface area contributed by atoms with E-state index in [4.69, 9.17) is 0 Å². The molecule has 1 saturated carbocycles.